The highest BCUT2D eigenvalue weighted by molar-refractivity contribution is 6.27. The van der Waals surface area contributed by atoms with Crippen LogP contribution in [0.2, 0.25) is 0 Å². The summed E-state index contributed by atoms with van der Waals surface area (Å²) in [7, 11) is 0. The molecule has 2 N–H and O–H groups in total. The summed E-state index contributed by atoms with van der Waals surface area (Å²) in [6.45, 7) is 4.75. The van der Waals surface area contributed by atoms with Gasteiger partial charge in [0.05, 0.1) is 0 Å². The minimum Gasteiger partial charge on any atom is -0.481 e. The van der Waals surface area contributed by atoms with Gasteiger partial charge in [0.15, 0.2) is 0 Å². The van der Waals surface area contributed by atoms with E-state index < -0.39 is 6.04 Å². The van der Waals surface area contributed by atoms with Crippen molar-refractivity contribution in [2.45, 2.75) is 26.3 Å². The van der Waals surface area contributed by atoms with Gasteiger partial charge in [-0.25, -0.2) is 0 Å². The van der Waals surface area contributed by atoms with E-state index in [4.69, 9.17) is 22.8 Å². The van der Waals surface area contributed by atoms with E-state index in [1.165, 1.54) is 0 Å². The van der Waals surface area contributed by atoms with Crippen LogP contribution in [0.4, 0.5) is 0 Å². The van der Waals surface area contributed by atoms with Crippen molar-refractivity contribution in [3.05, 3.63) is 29.8 Å². The van der Waals surface area contributed by atoms with Crippen LogP contribution in [0, 0.1) is 18.3 Å². The molecule has 1 aromatic rings. The van der Waals surface area contributed by atoms with Crippen LogP contribution in [-0.4, -0.2) is 36.9 Å². The maximum atomic E-state index is 12.3. The van der Waals surface area contributed by atoms with Crippen molar-refractivity contribution in [2.24, 2.45) is 5.92 Å². The number of rotatable bonds is 9. The number of hydrogen-bond donors (Lipinski definition) is 2. The molecule has 2 amide bonds. The Bertz CT molecular complexity index is 579. The minimum absolute atomic E-state index is 0.188. The molecule has 0 fully saturated rings. The molecule has 0 aliphatic rings. The molecule has 0 radical (unpaired) electrons. The lowest BCUT2D eigenvalue weighted by molar-refractivity contribution is -0.128. The highest BCUT2D eigenvalue weighted by Crippen LogP contribution is 2.13. The number of benzene rings is 1. The Morgan fingerprint density at radius 2 is 1.96 bits per heavy atom. The maximum Gasteiger partial charge on any atom is 0.242 e. The predicted octanol–water partition coefficient (Wildman–Crippen LogP) is 1.74. The van der Waals surface area contributed by atoms with Crippen LogP contribution in [0.1, 0.15) is 19.4 Å². The van der Waals surface area contributed by atoms with E-state index in [0.717, 1.165) is 5.56 Å². The van der Waals surface area contributed by atoms with E-state index in [2.05, 4.69) is 16.6 Å². The quantitative estimate of drug-likeness (QED) is 0.526. The zero-order valence-corrected chi connectivity index (χ0v) is 14.7. The standard InChI is InChI=1S/C18H23ClN2O3/c1-4-9-24-15-7-5-14(6-8-15)10-16(21-17(22)11-19)18(23)20-12-13(2)3/h1,5-8,13,16H,9-12H2,2-3H3,(H,20,23)(H,21,22)/t16-/m0/s1. The average Bonchev–Trinajstić information content (AvgIpc) is 2.58. The van der Waals surface area contributed by atoms with Crippen LogP contribution < -0.4 is 15.4 Å². The molecule has 1 aromatic carbocycles. The first kappa shape index (κ1) is 19.9. The van der Waals surface area contributed by atoms with E-state index in [9.17, 15) is 9.59 Å². The molecule has 0 spiro atoms. The molecule has 6 heteroatoms. The van der Waals surface area contributed by atoms with E-state index in [1.807, 2.05) is 26.0 Å². The lowest BCUT2D eigenvalue weighted by Crippen LogP contribution is -2.49. The second-order valence-electron chi connectivity index (χ2n) is 5.73. The van der Waals surface area contributed by atoms with Gasteiger partial charge in [0, 0.05) is 13.0 Å². The maximum absolute atomic E-state index is 12.3. The number of halogens is 1. The Hall–Kier alpha value is -2.19. The second kappa shape index (κ2) is 10.6. The van der Waals surface area contributed by atoms with Crippen LogP contribution in [0.5, 0.6) is 5.75 Å². The second-order valence-corrected chi connectivity index (χ2v) is 6.00. The molecule has 0 heterocycles. The Kier molecular flexibility index (Phi) is 8.74. The Labute approximate surface area is 148 Å². The highest BCUT2D eigenvalue weighted by Gasteiger charge is 2.21. The largest absolute Gasteiger partial charge is 0.481 e. The molecular weight excluding hydrogens is 328 g/mol. The van der Waals surface area contributed by atoms with Crippen molar-refractivity contribution in [3.63, 3.8) is 0 Å². The van der Waals surface area contributed by atoms with Gasteiger partial charge in [-0.1, -0.05) is 31.9 Å². The van der Waals surface area contributed by atoms with Gasteiger partial charge in [-0.3, -0.25) is 9.59 Å². The summed E-state index contributed by atoms with van der Waals surface area (Å²) in [5, 5.41) is 5.47. The molecule has 0 saturated carbocycles. The van der Waals surface area contributed by atoms with E-state index >= 15 is 0 Å². The minimum atomic E-state index is -0.674. The van der Waals surface area contributed by atoms with E-state index in [0.29, 0.717) is 24.6 Å². The van der Waals surface area contributed by atoms with E-state index in [-0.39, 0.29) is 24.3 Å². The Balaban J connectivity index is 2.74. The molecule has 0 unspecified atom stereocenters. The molecule has 5 nitrogen and oxygen atoms in total. The third-order valence-electron chi connectivity index (χ3n) is 3.14. The number of nitrogens with one attached hydrogen (secondary N) is 2. The van der Waals surface area contributed by atoms with Crippen LogP contribution in [0.25, 0.3) is 0 Å². The number of ether oxygens (including phenoxy) is 1. The zero-order chi connectivity index (χ0) is 17.9. The topological polar surface area (TPSA) is 67.4 Å². The van der Waals surface area contributed by atoms with Gasteiger partial charge in [0.1, 0.15) is 24.3 Å². The fourth-order valence-corrected chi connectivity index (χ4v) is 2.03. The van der Waals surface area contributed by atoms with Gasteiger partial charge in [-0.15, -0.1) is 18.0 Å². The molecule has 130 valence electrons. The fourth-order valence-electron chi connectivity index (χ4n) is 1.95. The SMILES string of the molecule is C#CCOc1ccc(C[C@H](NC(=O)CCl)C(=O)NCC(C)C)cc1. The lowest BCUT2D eigenvalue weighted by atomic mass is 10.0. The van der Waals surface area contributed by atoms with Crippen molar-refractivity contribution in [1.82, 2.24) is 10.6 Å². The summed E-state index contributed by atoms with van der Waals surface area (Å²) in [6, 6.07) is 6.55. The van der Waals surface area contributed by atoms with Crippen molar-refractivity contribution in [1.29, 1.82) is 0 Å². The molecule has 24 heavy (non-hydrogen) atoms. The molecule has 1 atom stereocenters. The summed E-state index contributed by atoms with van der Waals surface area (Å²) in [4.78, 5) is 23.9. The number of carbonyl (C=O) groups is 2. The number of hydrogen-bond acceptors (Lipinski definition) is 3. The lowest BCUT2D eigenvalue weighted by Gasteiger charge is -2.19. The number of carbonyl (C=O) groups excluding carboxylic acids is 2. The summed E-state index contributed by atoms with van der Waals surface area (Å²) >= 11 is 5.52. The van der Waals surface area contributed by atoms with Crippen LogP contribution in [0.3, 0.4) is 0 Å². The van der Waals surface area contributed by atoms with Crippen molar-refractivity contribution >= 4 is 23.4 Å². The summed E-state index contributed by atoms with van der Waals surface area (Å²) in [6.07, 6.45) is 5.51. The first-order valence-corrected chi connectivity index (χ1v) is 8.28. The van der Waals surface area contributed by atoms with Crippen LogP contribution >= 0.6 is 11.6 Å². The van der Waals surface area contributed by atoms with Crippen molar-refractivity contribution in [2.75, 3.05) is 19.0 Å². The van der Waals surface area contributed by atoms with Gasteiger partial charge in [0.25, 0.3) is 0 Å². The summed E-state index contributed by atoms with van der Waals surface area (Å²) in [5.74, 6) is 2.58. The van der Waals surface area contributed by atoms with E-state index in [1.54, 1.807) is 12.1 Å². The molecular formula is C18H23ClN2O3. The molecule has 0 saturated heterocycles. The van der Waals surface area contributed by atoms with Gasteiger partial charge in [0.2, 0.25) is 11.8 Å². The molecule has 0 aliphatic carbocycles. The van der Waals surface area contributed by atoms with Gasteiger partial charge >= 0.3 is 0 Å². The smallest absolute Gasteiger partial charge is 0.242 e. The highest BCUT2D eigenvalue weighted by atomic mass is 35.5. The van der Waals surface area contributed by atoms with Crippen LogP contribution in [0.15, 0.2) is 24.3 Å². The Morgan fingerprint density at radius 3 is 2.50 bits per heavy atom. The molecule has 0 aliphatic heterocycles. The number of alkyl halides is 1. The normalized spacial score (nSPS) is 11.5. The van der Waals surface area contributed by atoms with Gasteiger partial charge in [-0.2, -0.15) is 0 Å². The number of amides is 2. The zero-order valence-electron chi connectivity index (χ0n) is 14.0. The van der Waals surface area contributed by atoms with Crippen LogP contribution in [-0.2, 0) is 16.0 Å². The monoisotopic (exact) mass is 350 g/mol. The predicted molar refractivity (Wildman–Crippen MR) is 95.0 cm³/mol. The first-order chi connectivity index (χ1) is 11.5. The van der Waals surface area contributed by atoms with Crippen molar-refractivity contribution < 1.29 is 14.3 Å². The third-order valence-corrected chi connectivity index (χ3v) is 3.39. The molecule has 0 bridgehead atoms. The molecule has 1 rings (SSSR count). The summed E-state index contributed by atoms with van der Waals surface area (Å²) in [5.41, 5.74) is 0.891. The van der Waals surface area contributed by atoms with Crippen molar-refractivity contribution in [3.8, 4) is 18.1 Å². The fraction of sp³-hybridized carbons (Fsp3) is 0.444. The third kappa shape index (κ3) is 7.38. The summed E-state index contributed by atoms with van der Waals surface area (Å²) < 4.78 is 5.31. The van der Waals surface area contributed by atoms with Gasteiger partial charge in [-0.05, 0) is 23.6 Å². The first-order valence-electron chi connectivity index (χ1n) is 7.74. The average molecular weight is 351 g/mol. The Morgan fingerprint density at radius 1 is 1.29 bits per heavy atom. The number of terminal acetylenes is 1. The van der Waals surface area contributed by atoms with Gasteiger partial charge < -0.3 is 15.4 Å². The molecule has 0 aromatic heterocycles.